The van der Waals surface area contributed by atoms with Crippen LogP contribution in [0.2, 0.25) is 5.02 Å². The molecule has 1 unspecified atom stereocenters. The molecule has 1 aromatic carbocycles. The van der Waals surface area contributed by atoms with E-state index in [9.17, 15) is 9.59 Å². The minimum absolute atomic E-state index is 0.0597. The Kier molecular flexibility index (Phi) is 6.83. The van der Waals surface area contributed by atoms with E-state index in [0.717, 1.165) is 42.5 Å². The molecule has 9 heteroatoms. The van der Waals surface area contributed by atoms with Crippen molar-refractivity contribution in [3.63, 3.8) is 0 Å². The molecule has 33 heavy (non-hydrogen) atoms. The zero-order valence-electron chi connectivity index (χ0n) is 19.1. The lowest BCUT2D eigenvalue weighted by atomic mass is 10.1. The van der Waals surface area contributed by atoms with Gasteiger partial charge in [-0.25, -0.2) is 4.98 Å². The monoisotopic (exact) mass is 469 g/mol. The molecule has 0 aliphatic carbocycles. The smallest absolute Gasteiger partial charge is 0.293 e. The van der Waals surface area contributed by atoms with Gasteiger partial charge in [0.25, 0.3) is 5.56 Å². The zero-order chi connectivity index (χ0) is 23.5. The van der Waals surface area contributed by atoms with E-state index in [4.69, 9.17) is 16.3 Å². The fraction of sp³-hybridized carbons (Fsp3) is 0.417. The topological polar surface area (TPSA) is 89.3 Å². The number of halogens is 1. The van der Waals surface area contributed by atoms with Gasteiger partial charge in [0, 0.05) is 37.6 Å². The fourth-order valence-electron chi connectivity index (χ4n) is 3.99. The molecule has 1 aliphatic heterocycles. The Hall–Kier alpha value is -3.13. The van der Waals surface area contributed by atoms with Crippen LogP contribution < -0.4 is 20.5 Å². The number of carbonyl (C=O) groups excluding carboxylic acids is 1. The standard InChI is InChI=1S/C24H28ClN5O3/c1-4-20(31)15(2)33-21-13-16-12-17(8-9-19(16)29(3)23(21)32)27-22-18(25)14-26-24(28-22)30-10-6-5-7-11-30/h8-9,12-15H,4-7,10-11H2,1-3H3,(H,26,27,28). The summed E-state index contributed by atoms with van der Waals surface area (Å²) in [6, 6.07) is 7.28. The second-order valence-corrected chi connectivity index (χ2v) is 8.67. The highest BCUT2D eigenvalue weighted by molar-refractivity contribution is 6.32. The van der Waals surface area contributed by atoms with Gasteiger partial charge in [-0.2, -0.15) is 4.98 Å². The third kappa shape index (κ3) is 4.95. The van der Waals surface area contributed by atoms with E-state index >= 15 is 0 Å². The number of pyridine rings is 1. The molecule has 0 bridgehead atoms. The summed E-state index contributed by atoms with van der Waals surface area (Å²) in [5.41, 5.74) is 1.22. The average Bonchev–Trinajstić information content (AvgIpc) is 2.83. The van der Waals surface area contributed by atoms with Crippen molar-refractivity contribution >= 4 is 45.7 Å². The normalized spacial score (nSPS) is 14.8. The molecule has 1 N–H and O–H groups in total. The summed E-state index contributed by atoms with van der Waals surface area (Å²) < 4.78 is 7.21. The number of hydrogen-bond donors (Lipinski definition) is 1. The maximum Gasteiger partial charge on any atom is 0.293 e. The molecule has 0 amide bonds. The number of aromatic nitrogens is 3. The summed E-state index contributed by atoms with van der Waals surface area (Å²) in [5, 5.41) is 4.48. The van der Waals surface area contributed by atoms with Crippen molar-refractivity contribution in [1.82, 2.24) is 14.5 Å². The summed E-state index contributed by atoms with van der Waals surface area (Å²) in [6.45, 7) is 5.30. The first kappa shape index (κ1) is 23.0. The first-order valence-electron chi connectivity index (χ1n) is 11.2. The number of anilines is 3. The molecule has 174 valence electrons. The van der Waals surface area contributed by atoms with Crippen LogP contribution in [0.25, 0.3) is 10.9 Å². The van der Waals surface area contributed by atoms with Gasteiger partial charge in [-0.15, -0.1) is 0 Å². The fourth-order valence-corrected chi connectivity index (χ4v) is 4.13. The molecule has 2 aromatic heterocycles. The van der Waals surface area contributed by atoms with Crippen LogP contribution in [0.3, 0.4) is 0 Å². The van der Waals surface area contributed by atoms with E-state index in [1.807, 2.05) is 18.2 Å². The Bertz CT molecular complexity index is 1240. The Morgan fingerprint density at radius 3 is 2.73 bits per heavy atom. The van der Waals surface area contributed by atoms with Crippen LogP contribution in [-0.2, 0) is 11.8 Å². The van der Waals surface area contributed by atoms with Crippen molar-refractivity contribution in [3.05, 3.63) is 45.8 Å². The maximum absolute atomic E-state index is 12.7. The Morgan fingerprint density at radius 2 is 2.00 bits per heavy atom. The molecule has 1 aliphatic rings. The minimum Gasteiger partial charge on any atom is -0.477 e. The van der Waals surface area contributed by atoms with Gasteiger partial charge >= 0.3 is 0 Å². The summed E-state index contributed by atoms with van der Waals surface area (Å²) in [7, 11) is 1.68. The van der Waals surface area contributed by atoms with Crippen LogP contribution in [0.4, 0.5) is 17.5 Å². The Balaban J connectivity index is 1.64. The van der Waals surface area contributed by atoms with Gasteiger partial charge in [-0.1, -0.05) is 18.5 Å². The molecule has 3 heterocycles. The largest absolute Gasteiger partial charge is 0.477 e. The minimum atomic E-state index is -0.686. The van der Waals surface area contributed by atoms with Crippen LogP contribution in [-0.4, -0.2) is 39.5 Å². The quantitative estimate of drug-likeness (QED) is 0.546. The number of hydrogen-bond acceptors (Lipinski definition) is 7. The molecule has 4 rings (SSSR count). The number of Topliss-reactive ketones (excluding diaryl/α,β-unsaturated/α-hetero) is 1. The van der Waals surface area contributed by atoms with Gasteiger partial charge in [0.05, 0.1) is 11.7 Å². The van der Waals surface area contributed by atoms with Gasteiger partial charge in [0.2, 0.25) is 5.95 Å². The molecule has 3 aromatic rings. The predicted molar refractivity (Wildman–Crippen MR) is 131 cm³/mol. The first-order valence-corrected chi connectivity index (χ1v) is 11.6. The summed E-state index contributed by atoms with van der Waals surface area (Å²) in [5.74, 6) is 1.27. The highest BCUT2D eigenvalue weighted by atomic mass is 35.5. The number of ketones is 1. The van der Waals surface area contributed by atoms with E-state index in [0.29, 0.717) is 23.2 Å². The Morgan fingerprint density at radius 1 is 1.24 bits per heavy atom. The predicted octanol–water partition coefficient (Wildman–Crippen LogP) is 4.46. The highest BCUT2D eigenvalue weighted by Gasteiger charge is 2.18. The van der Waals surface area contributed by atoms with Crippen LogP contribution in [0.15, 0.2) is 35.3 Å². The molecule has 1 atom stereocenters. The number of carbonyl (C=O) groups is 1. The van der Waals surface area contributed by atoms with Crippen molar-refractivity contribution in [2.45, 2.75) is 45.6 Å². The number of piperidine rings is 1. The van der Waals surface area contributed by atoms with Crippen molar-refractivity contribution in [2.75, 3.05) is 23.3 Å². The van der Waals surface area contributed by atoms with Crippen molar-refractivity contribution in [2.24, 2.45) is 7.05 Å². The molecule has 0 spiro atoms. The number of fused-ring (bicyclic) bond motifs is 1. The summed E-state index contributed by atoms with van der Waals surface area (Å²) in [4.78, 5) is 35.9. The molecule has 0 saturated carbocycles. The van der Waals surface area contributed by atoms with Crippen molar-refractivity contribution in [1.29, 1.82) is 0 Å². The van der Waals surface area contributed by atoms with E-state index in [2.05, 4.69) is 20.2 Å². The third-order valence-electron chi connectivity index (χ3n) is 5.93. The summed E-state index contributed by atoms with van der Waals surface area (Å²) in [6.07, 6.45) is 4.77. The SMILES string of the molecule is CCC(=O)C(C)Oc1cc2cc(Nc3nc(N4CCCCC4)ncc3Cl)ccc2n(C)c1=O. The van der Waals surface area contributed by atoms with Crippen molar-refractivity contribution in [3.8, 4) is 5.75 Å². The molecule has 0 radical (unpaired) electrons. The average molecular weight is 470 g/mol. The van der Waals surface area contributed by atoms with Gasteiger partial charge in [0.1, 0.15) is 5.02 Å². The van der Waals surface area contributed by atoms with E-state index < -0.39 is 6.10 Å². The van der Waals surface area contributed by atoms with E-state index in [1.165, 1.54) is 11.0 Å². The first-order chi connectivity index (χ1) is 15.9. The number of rotatable bonds is 7. The molecule has 1 saturated heterocycles. The number of ether oxygens (including phenoxy) is 1. The lowest BCUT2D eigenvalue weighted by Crippen LogP contribution is -2.31. The van der Waals surface area contributed by atoms with Crippen LogP contribution >= 0.6 is 11.6 Å². The lowest BCUT2D eigenvalue weighted by molar-refractivity contribution is -0.124. The van der Waals surface area contributed by atoms with Crippen molar-refractivity contribution < 1.29 is 9.53 Å². The third-order valence-corrected chi connectivity index (χ3v) is 6.21. The molecule has 8 nitrogen and oxygen atoms in total. The van der Waals surface area contributed by atoms with Gasteiger partial charge < -0.3 is 19.5 Å². The van der Waals surface area contributed by atoms with Crippen LogP contribution in [0.1, 0.15) is 39.5 Å². The van der Waals surface area contributed by atoms with Gasteiger partial charge in [0.15, 0.2) is 23.5 Å². The Labute approximate surface area is 197 Å². The zero-order valence-corrected chi connectivity index (χ0v) is 19.9. The van der Waals surface area contributed by atoms with Gasteiger partial charge in [-0.05, 0) is 50.5 Å². The lowest BCUT2D eigenvalue weighted by Gasteiger charge is -2.26. The molecule has 1 fully saturated rings. The summed E-state index contributed by atoms with van der Waals surface area (Å²) >= 11 is 6.37. The van der Waals surface area contributed by atoms with Gasteiger partial charge in [-0.3, -0.25) is 9.59 Å². The van der Waals surface area contributed by atoms with E-state index in [1.54, 1.807) is 33.2 Å². The number of aryl methyl sites for hydroxylation is 1. The second kappa shape index (κ2) is 9.79. The second-order valence-electron chi connectivity index (χ2n) is 8.27. The van der Waals surface area contributed by atoms with Crippen LogP contribution in [0, 0.1) is 0 Å². The number of nitrogens with one attached hydrogen (secondary N) is 1. The van der Waals surface area contributed by atoms with E-state index in [-0.39, 0.29) is 17.1 Å². The highest BCUT2D eigenvalue weighted by Crippen LogP contribution is 2.28. The number of benzene rings is 1. The molecular formula is C24H28ClN5O3. The molecular weight excluding hydrogens is 442 g/mol. The number of nitrogens with zero attached hydrogens (tertiary/aromatic N) is 4. The van der Waals surface area contributed by atoms with Crippen LogP contribution in [0.5, 0.6) is 5.75 Å². The maximum atomic E-state index is 12.7.